The summed E-state index contributed by atoms with van der Waals surface area (Å²) in [6, 6.07) is 22.4. The second kappa shape index (κ2) is 16.7. The fourth-order valence-corrected chi connectivity index (χ4v) is 9.04. The molecule has 1 fully saturated rings. The lowest BCUT2D eigenvalue weighted by Crippen LogP contribution is -2.53. The van der Waals surface area contributed by atoms with Gasteiger partial charge in [0.2, 0.25) is 15.9 Å². The van der Waals surface area contributed by atoms with Gasteiger partial charge in [-0.2, -0.15) is 4.31 Å². The number of fused-ring (bicyclic) bond motifs is 1. The number of rotatable bonds is 17. The van der Waals surface area contributed by atoms with E-state index in [1.807, 2.05) is 74.5 Å². The predicted molar refractivity (Wildman–Crippen MR) is 192 cm³/mol. The topological polar surface area (TPSA) is 138 Å². The average Bonchev–Trinajstić information content (AvgIpc) is 3.85. The molecule has 3 atom stereocenters. The maximum atomic E-state index is 14.2. The maximum Gasteiger partial charge on any atom is 0.407 e. The molecule has 2 amide bonds. The Hall–Kier alpha value is -3.84. The maximum absolute atomic E-state index is 14.2. The first-order valence-electron chi connectivity index (χ1n) is 16.8. The summed E-state index contributed by atoms with van der Waals surface area (Å²) in [6.07, 6.45) is 2.84. The molecule has 3 aromatic carbocycles. The minimum absolute atomic E-state index is 0.0379. The normalized spacial score (nSPS) is 15.3. The van der Waals surface area contributed by atoms with Crippen molar-refractivity contribution in [3.8, 4) is 0 Å². The van der Waals surface area contributed by atoms with Gasteiger partial charge in [0.25, 0.3) is 0 Å². The highest BCUT2D eigenvalue weighted by molar-refractivity contribution is 7.89. The molecular formula is C37H46N4O6S2. The van der Waals surface area contributed by atoms with Crippen molar-refractivity contribution in [1.29, 1.82) is 0 Å². The Balaban J connectivity index is 1.33. The van der Waals surface area contributed by atoms with Crippen molar-refractivity contribution in [2.45, 2.75) is 74.9 Å². The van der Waals surface area contributed by atoms with E-state index < -0.39 is 34.1 Å². The summed E-state index contributed by atoms with van der Waals surface area (Å²) in [5.41, 5.74) is 4.18. The van der Waals surface area contributed by atoms with Crippen molar-refractivity contribution in [1.82, 2.24) is 19.9 Å². The van der Waals surface area contributed by atoms with Crippen molar-refractivity contribution in [2.24, 2.45) is 11.8 Å². The molecule has 0 radical (unpaired) electrons. The van der Waals surface area contributed by atoms with Gasteiger partial charge in [0.1, 0.15) is 6.04 Å². The quantitative estimate of drug-likeness (QED) is 0.124. The number of carbonyl (C=O) groups excluding carboxylic acids is 2. The molecule has 5 rings (SSSR count). The number of thiazole rings is 1. The number of ether oxygens (including phenoxy) is 1. The molecule has 1 heterocycles. The van der Waals surface area contributed by atoms with Crippen LogP contribution < -0.4 is 10.6 Å². The summed E-state index contributed by atoms with van der Waals surface area (Å²) < 4.78 is 35.1. The Labute approximate surface area is 293 Å². The number of benzene rings is 3. The van der Waals surface area contributed by atoms with Gasteiger partial charge < -0.3 is 20.5 Å². The molecule has 0 bridgehead atoms. The molecule has 3 N–H and O–H groups in total. The Morgan fingerprint density at radius 1 is 0.980 bits per heavy atom. The molecular weight excluding hydrogens is 661 g/mol. The van der Waals surface area contributed by atoms with Crippen molar-refractivity contribution < 1.29 is 27.9 Å². The Morgan fingerprint density at radius 2 is 1.63 bits per heavy atom. The number of carbonyl (C=O) groups is 2. The van der Waals surface area contributed by atoms with Crippen LogP contribution in [0.2, 0.25) is 0 Å². The average molecular weight is 707 g/mol. The van der Waals surface area contributed by atoms with Crippen molar-refractivity contribution in [3.63, 3.8) is 0 Å². The van der Waals surface area contributed by atoms with Crippen LogP contribution in [0.25, 0.3) is 10.2 Å². The number of nitrogens with zero attached hydrogens (tertiary/aromatic N) is 2. The first-order chi connectivity index (χ1) is 23.6. The summed E-state index contributed by atoms with van der Waals surface area (Å²) in [7, 11) is -2.63. The van der Waals surface area contributed by atoms with E-state index in [2.05, 4.69) is 15.6 Å². The zero-order valence-corrected chi connectivity index (χ0v) is 29.8. The summed E-state index contributed by atoms with van der Waals surface area (Å²) >= 11 is 1.39. The monoisotopic (exact) mass is 706 g/mol. The predicted octanol–water partition coefficient (Wildman–Crippen LogP) is 5.93. The van der Waals surface area contributed by atoms with Crippen LogP contribution in [0.5, 0.6) is 0 Å². The first-order valence-corrected chi connectivity index (χ1v) is 19.1. The van der Waals surface area contributed by atoms with E-state index in [-0.39, 0.29) is 41.8 Å². The number of aliphatic hydroxyl groups excluding tert-OH is 1. The number of sulfonamides is 1. The molecule has 0 saturated heterocycles. The molecule has 1 saturated carbocycles. The van der Waals surface area contributed by atoms with Gasteiger partial charge in [-0.15, -0.1) is 11.3 Å². The van der Waals surface area contributed by atoms with Gasteiger partial charge in [-0.1, -0.05) is 74.5 Å². The lowest BCUT2D eigenvalue weighted by molar-refractivity contribution is -0.124. The van der Waals surface area contributed by atoms with E-state index in [1.54, 1.807) is 23.7 Å². The molecule has 0 spiro atoms. The lowest BCUT2D eigenvalue weighted by Gasteiger charge is -2.32. The van der Waals surface area contributed by atoms with E-state index >= 15 is 0 Å². The van der Waals surface area contributed by atoms with Crippen LogP contribution >= 0.6 is 11.3 Å². The van der Waals surface area contributed by atoms with Gasteiger partial charge >= 0.3 is 6.09 Å². The van der Waals surface area contributed by atoms with Crippen LogP contribution in [-0.2, 0) is 19.6 Å². The van der Waals surface area contributed by atoms with Gasteiger partial charge in [-0.25, -0.2) is 18.2 Å². The van der Waals surface area contributed by atoms with Gasteiger partial charge in [-0.05, 0) is 73.3 Å². The van der Waals surface area contributed by atoms with Crippen LogP contribution in [0.3, 0.4) is 0 Å². The molecule has 0 aliphatic heterocycles. The van der Waals surface area contributed by atoms with Crippen molar-refractivity contribution in [3.05, 3.63) is 95.5 Å². The number of hydrogen-bond acceptors (Lipinski definition) is 8. The Bertz CT molecular complexity index is 1740. The highest BCUT2D eigenvalue weighted by atomic mass is 32.2. The second-order valence-corrected chi connectivity index (χ2v) is 15.9. The van der Waals surface area contributed by atoms with E-state index in [1.165, 1.54) is 22.8 Å². The highest BCUT2D eigenvalue weighted by Gasteiger charge is 2.38. The highest BCUT2D eigenvalue weighted by Crippen LogP contribution is 2.36. The molecule has 1 aliphatic carbocycles. The third-order valence-corrected chi connectivity index (χ3v) is 11.7. The number of amides is 2. The molecule has 262 valence electrons. The zero-order valence-electron chi connectivity index (χ0n) is 28.2. The van der Waals surface area contributed by atoms with E-state index in [4.69, 9.17) is 4.74 Å². The number of aromatic nitrogens is 1. The molecule has 0 unspecified atom stereocenters. The van der Waals surface area contributed by atoms with Crippen molar-refractivity contribution >= 4 is 43.6 Å². The molecule has 4 aromatic rings. The molecule has 1 aliphatic rings. The van der Waals surface area contributed by atoms with Gasteiger partial charge in [0, 0.05) is 24.5 Å². The Morgan fingerprint density at radius 3 is 2.20 bits per heavy atom. The minimum Gasteiger partial charge on any atom is -0.453 e. The van der Waals surface area contributed by atoms with Gasteiger partial charge in [0.15, 0.2) is 0 Å². The minimum atomic E-state index is -3.91. The van der Waals surface area contributed by atoms with Crippen molar-refractivity contribution in [2.75, 3.05) is 20.3 Å². The number of methoxy groups -OCH3 is 1. The standard InChI is InChI=1S/C37H46N4O6S2/c1-25(2)22-41(49(45,46)30-19-20-32-33(21-30)48-24-38-32)29(23-42)15-10-16-31(26-17-18-26)39-36(43)35(40-37(44)47-3)34(27-11-6-4-7-12-27)28-13-8-5-9-14-28/h4-9,11-14,19-21,24-26,29,31,34-35,42H,10,15-18,22-23H2,1-3H3,(H,39,43)(H,40,44)/t29-,31+,35-/m0/s1. The van der Waals surface area contributed by atoms with Crippen LogP contribution in [0.1, 0.15) is 63.0 Å². The zero-order chi connectivity index (χ0) is 35.0. The van der Waals surface area contributed by atoms with Gasteiger partial charge in [-0.3, -0.25) is 4.79 Å². The molecule has 10 nitrogen and oxygen atoms in total. The third kappa shape index (κ3) is 9.24. The molecule has 12 heteroatoms. The number of hydrogen-bond donors (Lipinski definition) is 3. The number of aliphatic hydroxyl groups is 1. The molecule has 1 aromatic heterocycles. The number of nitrogens with one attached hydrogen (secondary N) is 2. The lowest BCUT2D eigenvalue weighted by atomic mass is 9.84. The van der Waals surface area contributed by atoms with Crippen LogP contribution in [0, 0.1) is 11.8 Å². The summed E-state index contributed by atoms with van der Waals surface area (Å²) in [5.74, 6) is -0.472. The van der Waals surface area contributed by atoms with Crippen LogP contribution in [0.4, 0.5) is 4.79 Å². The molecule has 49 heavy (non-hydrogen) atoms. The van der Waals surface area contributed by atoms with E-state index in [0.717, 1.165) is 34.2 Å². The van der Waals surface area contributed by atoms with Crippen LogP contribution in [-0.4, -0.2) is 73.2 Å². The smallest absolute Gasteiger partial charge is 0.407 e. The van der Waals surface area contributed by atoms with E-state index in [0.29, 0.717) is 19.3 Å². The van der Waals surface area contributed by atoms with Crippen LogP contribution in [0.15, 0.2) is 89.3 Å². The fourth-order valence-electron chi connectivity index (χ4n) is 6.42. The van der Waals surface area contributed by atoms with Gasteiger partial charge in [0.05, 0.1) is 34.3 Å². The largest absolute Gasteiger partial charge is 0.453 e. The second-order valence-electron chi connectivity index (χ2n) is 13.1. The van der Waals surface area contributed by atoms with E-state index in [9.17, 15) is 23.1 Å². The third-order valence-electron chi connectivity index (χ3n) is 9.04. The summed E-state index contributed by atoms with van der Waals surface area (Å²) in [5, 5.41) is 16.6. The SMILES string of the molecule is COC(=O)N[C@H](C(=O)N[C@H](CCC[C@@H](CO)N(CC(C)C)S(=O)(=O)c1ccc2ncsc2c1)C1CC1)C(c1ccccc1)c1ccccc1. The summed E-state index contributed by atoms with van der Waals surface area (Å²) in [6.45, 7) is 3.85. The summed E-state index contributed by atoms with van der Waals surface area (Å²) in [4.78, 5) is 31.2. The number of alkyl carbamates (subject to hydrolysis) is 1. The fraction of sp³-hybridized carbons (Fsp3) is 0.432. The Kier molecular flexibility index (Phi) is 12.4. The first kappa shape index (κ1) is 36.4.